The minimum Gasteiger partial charge on any atom is -0.0843 e. The molecule has 2 aromatic carbocycles. The fourth-order valence-electron chi connectivity index (χ4n) is 3.00. The Labute approximate surface area is 175 Å². The highest BCUT2D eigenvalue weighted by Gasteiger charge is 2.03. The van der Waals surface area contributed by atoms with Crippen LogP contribution in [-0.2, 0) is 0 Å². The summed E-state index contributed by atoms with van der Waals surface area (Å²) in [6.07, 6.45) is 4.50. The van der Waals surface area contributed by atoms with Crippen molar-refractivity contribution in [2.24, 2.45) is 11.8 Å². The summed E-state index contributed by atoms with van der Waals surface area (Å²) in [6, 6.07) is 14.1. The van der Waals surface area contributed by atoms with E-state index in [4.69, 9.17) is 23.2 Å². The summed E-state index contributed by atoms with van der Waals surface area (Å²) in [5.74, 6) is 1.15. The van der Waals surface area contributed by atoms with Crippen LogP contribution in [0.3, 0.4) is 0 Å². The molecule has 146 valence electrons. The van der Waals surface area contributed by atoms with Crippen molar-refractivity contribution in [2.45, 2.75) is 48.5 Å². The predicted octanol–water partition coefficient (Wildman–Crippen LogP) is 9.11. The van der Waals surface area contributed by atoms with E-state index in [9.17, 15) is 0 Å². The maximum atomic E-state index is 6.08. The Kier molecular flexibility index (Phi) is 9.91. The third-order valence-electron chi connectivity index (χ3n) is 4.09. The lowest BCUT2D eigenvalue weighted by Crippen LogP contribution is -1.87. The molecule has 0 nitrogen and oxygen atoms in total. The van der Waals surface area contributed by atoms with E-state index < -0.39 is 0 Å². The van der Waals surface area contributed by atoms with Crippen LogP contribution in [0.2, 0.25) is 10.0 Å². The van der Waals surface area contributed by atoms with Crippen LogP contribution in [0.5, 0.6) is 0 Å². The van der Waals surface area contributed by atoms with Gasteiger partial charge in [0.1, 0.15) is 0 Å². The highest BCUT2D eigenvalue weighted by Crippen LogP contribution is 2.27. The molecule has 0 aromatic heterocycles. The van der Waals surface area contributed by atoms with Gasteiger partial charge in [-0.3, -0.25) is 0 Å². The zero-order valence-corrected chi connectivity index (χ0v) is 19.1. The van der Waals surface area contributed by atoms with E-state index in [-0.39, 0.29) is 0 Å². The number of hydrogen-bond acceptors (Lipinski definition) is 0. The smallest absolute Gasteiger partial charge is 0.0495 e. The van der Waals surface area contributed by atoms with Gasteiger partial charge in [0.05, 0.1) is 0 Å². The van der Waals surface area contributed by atoms with Gasteiger partial charge in [-0.25, -0.2) is 0 Å². The van der Waals surface area contributed by atoms with Crippen LogP contribution in [0.1, 0.15) is 58.2 Å². The van der Waals surface area contributed by atoms with Crippen LogP contribution in [0.4, 0.5) is 0 Å². The highest BCUT2D eigenvalue weighted by molar-refractivity contribution is 6.35. The van der Waals surface area contributed by atoms with Crippen LogP contribution < -0.4 is 0 Å². The summed E-state index contributed by atoms with van der Waals surface area (Å²) in [7, 11) is 0. The highest BCUT2D eigenvalue weighted by atomic mass is 35.5. The number of hydrogen-bond donors (Lipinski definition) is 0. The van der Waals surface area contributed by atoms with Crippen molar-refractivity contribution in [1.82, 2.24) is 0 Å². The van der Waals surface area contributed by atoms with E-state index in [1.165, 1.54) is 22.3 Å². The molecule has 0 saturated heterocycles. The van der Waals surface area contributed by atoms with Crippen LogP contribution in [0.15, 0.2) is 54.6 Å². The SMILES string of the molecule is C/C(=C\C(C)C)c1ccc(Cl)cc1Cl.C/C(=C\C(C)C)c1ccccc1C. The van der Waals surface area contributed by atoms with Crippen LogP contribution >= 0.6 is 23.2 Å². The molecule has 0 aliphatic heterocycles. The van der Waals surface area contributed by atoms with Gasteiger partial charge in [-0.1, -0.05) is 93.4 Å². The van der Waals surface area contributed by atoms with Gasteiger partial charge < -0.3 is 0 Å². The molecule has 0 saturated carbocycles. The molecule has 2 heteroatoms. The standard InChI is InChI=1S/C13H18.C12H14Cl2/c1-10(2)9-12(4)13-8-6-5-7-11(13)3;1-8(2)6-9(3)11-5-4-10(13)7-12(11)14/h5-10H,1-4H3;4-8H,1-3H3/b12-9+;9-6+. The average Bonchev–Trinajstić information content (AvgIpc) is 2.54. The molecule has 0 unspecified atom stereocenters. The van der Waals surface area contributed by atoms with Crippen LogP contribution in [0, 0.1) is 18.8 Å². The third kappa shape index (κ3) is 8.37. The largest absolute Gasteiger partial charge is 0.0843 e. The predicted molar refractivity (Wildman–Crippen MR) is 125 cm³/mol. The Balaban J connectivity index is 0.000000271. The first-order valence-corrected chi connectivity index (χ1v) is 10.3. The van der Waals surface area contributed by atoms with Crippen molar-refractivity contribution in [3.8, 4) is 0 Å². The number of allylic oxidation sites excluding steroid dienone is 4. The van der Waals surface area contributed by atoms with E-state index >= 15 is 0 Å². The molecule has 0 radical (unpaired) electrons. The summed E-state index contributed by atoms with van der Waals surface area (Å²) in [6.45, 7) is 15.1. The first-order valence-electron chi connectivity index (χ1n) is 9.50. The molecule has 0 bridgehead atoms. The van der Waals surface area contributed by atoms with Crippen molar-refractivity contribution in [2.75, 3.05) is 0 Å². The first-order chi connectivity index (χ1) is 12.6. The molecule has 0 N–H and O–H groups in total. The van der Waals surface area contributed by atoms with E-state index in [0.717, 1.165) is 5.56 Å². The fourth-order valence-corrected chi connectivity index (χ4v) is 3.56. The van der Waals surface area contributed by atoms with Crippen molar-refractivity contribution >= 4 is 34.3 Å². The van der Waals surface area contributed by atoms with Gasteiger partial charge in [0.2, 0.25) is 0 Å². The number of rotatable bonds is 4. The van der Waals surface area contributed by atoms with Crippen molar-refractivity contribution < 1.29 is 0 Å². The molecular formula is C25H32Cl2. The Hall–Kier alpha value is -1.50. The van der Waals surface area contributed by atoms with Crippen molar-refractivity contribution in [3.05, 3.63) is 81.4 Å². The molecule has 2 rings (SSSR count). The van der Waals surface area contributed by atoms with Gasteiger partial charge in [0.15, 0.2) is 0 Å². The van der Waals surface area contributed by atoms with E-state index in [2.05, 4.69) is 84.9 Å². The summed E-state index contributed by atoms with van der Waals surface area (Å²) in [5, 5.41) is 1.39. The second-order valence-corrected chi connectivity index (χ2v) is 8.47. The van der Waals surface area contributed by atoms with Gasteiger partial charge in [0.25, 0.3) is 0 Å². The van der Waals surface area contributed by atoms with Gasteiger partial charge in [0, 0.05) is 10.0 Å². The van der Waals surface area contributed by atoms with Gasteiger partial charge >= 0.3 is 0 Å². The summed E-state index contributed by atoms with van der Waals surface area (Å²) >= 11 is 11.9. The zero-order chi connectivity index (χ0) is 20.6. The monoisotopic (exact) mass is 402 g/mol. The second-order valence-electron chi connectivity index (χ2n) is 7.63. The Morgan fingerprint density at radius 2 is 1.30 bits per heavy atom. The van der Waals surface area contributed by atoms with E-state index in [1.54, 1.807) is 6.07 Å². The lowest BCUT2D eigenvalue weighted by Gasteiger charge is -2.06. The number of benzene rings is 2. The van der Waals surface area contributed by atoms with Gasteiger partial charge in [-0.05, 0) is 72.6 Å². The molecule has 0 spiro atoms. The normalized spacial score (nSPS) is 12.3. The van der Waals surface area contributed by atoms with E-state index in [0.29, 0.717) is 21.9 Å². The lowest BCUT2D eigenvalue weighted by atomic mass is 9.99. The number of halogens is 2. The Morgan fingerprint density at radius 1 is 0.778 bits per heavy atom. The molecule has 2 aromatic rings. The summed E-state index contributed by atoms with van der Waals surface area (Å²) in [4.78, 5) is 0. The fraction of sp³-hybridized carbons (Fsp3) is 0.360. The van der Waals surface area contributed by atoms with Crippen LogP contribution in [0.25, 0.3) is 11.1 Å². The average molecular weight is 403 g/mol. The molecule has 0 fully saturated rings. The van der Waals surface area contributed by atoms with Gasteiger partial charge in [-0.15, -0.1) is 0 Å². The molecule has 0 aliphatic carbocycles. The molecular weight excluding hydrogens is 371 g/mol. The van der Waals surface area contributed by atoms with Crippen LogP contribution in [-0.4, -0.2) is 0 Å². The lowest BCUT2D eigenvalue weighted by molar-refractivity contribution is 0.832. The third-order valence-corrected chi connectivity index (χ3v) is 4.64. The van der Waals surface area contributed by atoms with Crippen molar-refractivity contribution in [1.29, 1.82) is 0 Å². The van der Waals surface area contributed by atoms with Crippen molar-refractivity contribution in [3.63, 3.8) is 0 Å². The molecule has 0 atom stereocenters. The second kappa shape index (κ2) is 11.4. The zero-order valence-electron chi connectivity index (χ0n) is 17.6. The Bertz CT molecular complexity index is 796. The molecule has 0 heterocycles. The maximum Gasteiger partial charge on any atom is 0.0495 e. The maximum absolute atomic E-state index is 6.08. The molecule has 27 heavy (non-hydrogen) atoms. The van der Waals surface area contributed by atoms with Gasteiger partial charge in [-0.2, -0.15) is 0 Å². The minimum absolute atomic E-state index is 0.529. The summed E-state index contributed by atoms with van der Waals surface area (Å²) < 4.78 is 0. The topological polar surface area (TPSA) is 0 Å². The molecule has 0 amide bonds. The number of aryl methyl sites for hydroxylation is 1. The Morgan fingerprint density at radius 3 is 1.78 bits per heavy atom. The van der Waals surface area contributed by atoms with E-state index in [1.807, 2.05) is 12.1 Å². The minimum atomic E-state index is 0.529. The summed E-state index contributed by atoms with van der Waals surface area (Å²) in [5.41, 5.74) is 6.37. The quantitative estimate of drug-likeness (QED) is 0.477. The first kappa shape index (κ1) is 23.5. The molecule has 0 aliphatic rings.